The van der Waals surface area contributed by atoms with Gasteiger partial charge in [0.05, 0.1) is 11.9 Å². The van der Waals surface area contributed by atoms with E-state index in [2.05, 4.69) is 15.1 Å². The number of methoxy groups -OCH3 is 1. The second-order valence-electron chi connectivity index (χ2n) is 3.63. The summed E-state index contributed by atoms with van der Waals surface area (Å²) in [7, 11) is 1.71. The molecule has 0 radical (unpaired) electrons. The van der Waals surface area contributed by atoms with Crippen LogP contribution in [0.4, 0.5) is 5.13 Å². The Morgan fingerprint density at radius 2 is 2.53 bits per heavy atom. The maximum Gasteiger partial charge on any atom is 0.313 e. The number of hydrogen-bond acceptors (Lipinski definition) is 7. The van der Waals surface area contributed by atoms with Crippen LogP contribution in [0.15, 0.2) is 4.34 Å². The third-order valence-corrected chi connectivity index (χ3v) is 4.57. The Hall–Kier alpha value is -0.860. The minimum absolute atomic E-state index is 0.0231. The number of carboxylic acid groups (broad SMARTS) is 1. The van der Waals surface area contributed by atoms with Gasteiger partial charge in [-0.3, -0.25) is 4.79 Å². The van der Waals surface area contributed by atoms with Gasteiger partial charge in [0.15, 0.2) is 4.34 Å². The Morgan fingerprint density at radius 3 is 3.18 bits per heavy atom. The van der Waals surface area contributed by atoms with Crippen molar-refractivity contribution in [2.45, 2.75) is 16.9 Å². The van der Waals surface area contributed by atoms with Gasteiger partial charge in [0.25, 0.3) is 0 Å². The van der Waals surface area contributed by atoms with Gasteiger partial charge < -0.3 is 14.7 Å². The maximum absolute atomic E-state index is 10.4. The van der Waals surface area contributed by atoms with Gasteiger partial charge in [-0.05, 0) is 6.42 Å². The molecule has 94 valence electrons. The van der Waals surface area contributed by atoms with Gasteiger partial charge in [0.2, 0.25) is 5.13 Å². The first-order chi connectivity index (χ1) is 8.19. The first-order valence-electron chi connectivity index (χ1n) is 5.15. The number of hydrogen-bond donors (Lipinski definition) is 1. The van der Waals surface area contributed by atoms with Gasteiger partial charge in [-0.25, -0.2) is 0 Å². The molecule has 1 aromatic rings. The highest BCUT2D eigenvalue weighted by Gasteiger charge is 2.24. The zero-order chi connectivity index (χ0) is 12.3. The molecule has 0 bridgehead atoms. The van der Waals surface area contributed by atoms with Crippen LogP contribution in [0.1, 0.15) is 6.42 Å². The van der Waals surface area contributed by atoms with Gasteiger partial charge in [-0.2, -0.15) is 0 Å². The monoisotopic (exact) mass is 275 g/mol. The topological polar surface area (TPSA) is 75.5 Å². The minimum Gasteiger partial charge on any atom is -0.481 e. The van der Waals surface area contributed by atoms with Crippen LogP contribution in [0.5, 0.6) is 0 Å². The number of thioether (sulfide) groups is 1. The maximum atomic E-state index is 10.4. The molecule has 0 aromatic carbocycles. The van der Waals surface area contributed by atoms with E-state index in [-0.39, 0.29) is 11.9 Å². The van der Waals surface area contributed by atoms with Gasteiger partial charge in [-0.15, -0.1) is 10.2 Å². The number of nitrogens with zero attached hydrogens (tertiary/aromatic N) is 3. The van der Waals surface area contributed by atoms with Crippen molar-refractivity contribution in [2.75, 3.05) is 30.9 Å². The molecule has 17 heavy (non-hydrogen) atoms. The van der Waals surface area contributed by atoms with Crippen molar-refractivity contribution in [3.05, 3.63) is 0 Å². The Bertz CT molecular complexity index is 399. The molecule has 0 aliphatic carbocycles. The SMILES string of the molecule is COC1CCN(c2nnc(SCC(=O)O)s2)C1. The van der Waals surface area contributed by atoms with Crippen molar-refractivity contribution in [1.29, 1.82) is 0 Å². The van der Waals surface area contributed by atoms with Crippen molar-refractivity contribution in [3.63, 3.8) is 0 Å². The Kier molecular flexibility index (Phi) is 4.19. The summed E-state index contributed by atoms with van der Waals surface area (Å²) in [6.07, 6.45) is 1.25. The largest absolute Gasteiger partial charge is 0.481 e. The van der Waals surface area contributed by atoms with Crippen LogP contribution in [-0.4, -0.2) is 53.3 Å². The summed E-state index contributed by atoms with van der Waals surface area (Å²) < 4.78 is 5.98. The molecular weight excluding hydrogens is 262 g/mol. The number of rotatable bonds is 5. The summed E-state index contributed by atoms with van der Waals surface area (Å²) in [6, 6.07) is 0. The van der Waals surface area contributed by atoms with Crippen LogP contribution in [0.2, 0.25) is 0 Å². The molecule has 1 fully saturated rings. The number of ether oxygens (including phenoxy) is 1. The van der Waals surface area contributed by atoms with E-state index in [0.29, 0.717) is 4.34 Å². The van der Waals surface area contributed by atoms with Gasteiger partial charge in [-0.1, -0.05) is 23.1 Å². The van der Waals surface area contributed by atoms with Crippen LogP contribution >= 0.6 is 23.1 Å². The standard InChI is InChI=1S/C9H13N3O3S2/c1-15-6-2-3-12(4-6)8-10-11-9(17-8)16-5-7(13)14/h6H,2-5H2,1H3,(H,13,14). The molecule has 8 heteroatoms. The molecule has 0 amide bonds. The predicted molar refractivity (Wildman–Crippen MR) is 65.9 cm³/mol. The van der Waals surface area contributed by atoms with Crippen LogP contribution in [0, 0.1) is 0 Å². The summed E-state index contributed by atoms with van der Waals surface area (Å²) in [5.41, 5.74) is 0. The van der Waals surface area contributed by atoms with Crippen molar-refractivity contribution in [3.8, 4) is 0 Å². The fourth-order valence-electron chi connectivity index (χ4n) is 1.61. The van der Waals surface area contributed by atoms with Gasteiger partial charge in [0, 0.05) is 20.2 Å². The van der Waals surface area contributed by atoms with E-state index in [1.54, 1.807) is 7.11 Å². The summed E-state index contributed by atoms with van der Waals surface area (Å²) in [6.45, 7) is 1.74. The summed E-state index contributed by atoms with van der Waals surface area (Å²) in [5, 5.41) is 17.5. The molecule has 1 aliphatic heterocycles. The van der Waals surface area contributed by atoms with Crippen LogP contribution in [0.3, 0.4) is 0 Å². The second kappa shape index (κ2) is 5.65. The zero-order valence-corrected chi connectivity index (χ0v) is 11.0. The number of anilines is 1. The third kappa shape index (κ3) is 3.30. The highest BCUT2D eigenvalue weighted by atomic mass is 32.2. The molecule has 1 atom stereocenters. The first kappa shape index (κ1) is 12.6. The normalized spacial score (nSPS) is 19.8. The smallest absolute Gasteiger partial charge is 0.313 e. The Labute approximate surface area is 107 Å². The zero-order valence-electron chi connectivity index (χ0n) is 9.33. The van der Waals surface area contributed by atoms with E-state index in [0.717, 1.165) is 24.6 Å². The fraction of sp³-hybridized carbons (Fsp3) is 0.667. The van der Waals surface area contributed by atoms with Gasteiger partial charge >= 0.3 is 5.97 Å². The Morgan fingerprint density at radius 1 is 1.71 bits per heavy atom. The summed E-state index contributed by atoms with van der Waals surface area (Å²) >= 11 is 2.63. The molecule has 1 aliphatic rings. The van der Waals surface area contributed by atoms with Gasteiger partial charge in [0.1, 0.15) is 0 Å². The number of carboxylic acids is 1. The van der Waals surface area contributed by atoms with Crippen LogP contribution in [-0.2, 0) is 9.53 Å². The molecule has 6 nitrogen and oxygen atoms in total. The lowest BCUT2D eigenvalue weighted by atomic mass is 10.3. The molecule has 1 saturated heterocycles. The lowest BCUT2D eigenvalue weighted by Gasteiger charge is -2.12. The molecule has 0 saturated carbocycles. The lowest BCUT2D eigenvalue weighted by Crippen LogP contribution is -2.21. The quantitative estimate of drug-likeness (QED) is 0.801. The van der Waals surface area contributed by atoms with E-state index in [4.69, 9.17) is 9.84 Å². The molecule has 2 heterocycles. The third-order valence-electron chi connectivity index (χ3n) is 2.46. The van der Waals surface area contributed by atoms with E-state index >= 15 is 0 Å². The van der Waals surface area contributed by atoms with Crippen molar-refractivity contribution in [2.24, 2.45) is 0 Å². The highest BCUT2D eigenvalue weighted by molar-refractivity contribution is 8.01. The first-order valence-corrected chi connectivity index (χ1v) is 6.95. The lowest BCUT2D eigenvalue weighted by molar-refractivity contribution is -0.133. The molecular formula is C9H13N3O3S2. The molecule has 1 aromatic heterocycles. The van der Waals surface area contributed by atoms with Crippen LogP contribution < -0.4 is 4.90 Å². The molecule has 0 spiro atoms. The number of aromatic nitrogens is 2. The average Bonchev–Trinajstić information content (AvgIpc) is 2.94. The predicted octanol–water partition coefficient (Wildman–Crippen LogP) is 0.940. The summed E-state index contributed by atoms with van der Waals surface area (Å²) in [4.78, 5) is 12.5. The van der Waals surface area contributed by atoms with E-state index < -0.39 is 5.97 Å². The second-order valence-corrected chi connectivity index (χ2v) is 5.80. The molecule has 1 N–H and O–H groups in total. The van der Waals surface area contributed by atoms with Crippen molar-refractivity contribution in [1.82, 2.24) is 10.2 Å². The average molecular weight is 275 g/mol. The van der Waals surface area contributed by atoms with Crippen molar-refractivity contribution < 1.29 is 14.6 Å². The number of aliphatic carboxylic acids is 1. The van der Waals surface area contributed by atoms with Crippen LogP contribution in [0.25, 0.3) is 0 Å². The molecule has 2 rings (SSSR count). The minimum atomic E-state index is -0.840. The van der Waals surface area contributed by atoms with E-state index in [1.165, 1.54) is 23.1 Å². The summed E-state index contributed by atoms with van der Waals surface area (Å²) in [5.74, 6) is -0.817. The highest BCUT2D eigenvalue weighted by Crippen LogP contribution is 2.30. The fourth-order valence-corrected chi connectivity index (χ4v) is 3.20. The van der Waals surface area contributed by atoms with Crippen molar-refractivity contribution >= 4 is 34.2 Å². The number of carbonyl (C=O) groups is 1. The molecule has 1 unspecified atom stereocenters. The Balaban J connectivity index is 1.92. The van der Waals surface area contributed by atoms with E-state index in [9.17, 15) is 4.79 Å². The van der Waals surface area contributed by atoms with E-state index in [1.807, 2.05) is 0 Å².